The van der Waals surface area contributed by atoms with Crippen LogP contribution in [0.3, 0.4) is 0 Å². The maximum absolute atomic E-state index is 11.7. The fourth-order valence-corrected chi connectivity index (χ4v) is 1.90. The summed E-state index contributed by atoms with van der Waals surface area (Å²) < 4.78 is 0. The minimum Gasteiger partial charge on any atom is -0.331 e. The zero-order valence-electron chi connectivity index (χ0n) is 8.86. The Hall–Kier alpha value is -1.24. The Morgan fingerprint density at radius 1 is 1.43 bits per heavy atom. The summed E-state index contributed by atoms with van der Waals surface area (Å²) in [6, 6.07) is 2.30. The van der Waals surface area contributed by atoms with Gasteiger partial charge in [0.2, 0.25) is 0 Å². The SMILES string of the molecule is CN(C)C(=O)N(CC#N)C1CCCC1. The second-order valence-corrected chi connectivity index (χ2v) is 3.90. The molecule has 0 aromatic heterocycles. The van der Waals surface area contributed by atoms with Crippen molar-refractivity contribution < 1.29 is 4.79 Å². The fraction of sp³-hybridized carbons (Fsp3) is 0.800. The third kappa shape index (κ3) is 2.38. The molecule has 0 radical (unpaired) electrons. The van der Waals surface area contributed by atoms with Crippen LogP contribution >= 0.6 is 0 Å². The van der Waals surface area contributed by atoms with E-state index in [-0.39, 0.29) is 18.6 Å². The number of hydrogen-bond acceptors (Lipinski definition) is 2. The minimum atomic E-state index is -0.0431. The molecule has 2 amide bonds. The van der Waals surface area contributed by atoms with Crippen LogP contribution in [0.25, 0.3) is 0 Å². The maximum Gasteiger partial charge on any atom is 0.320 e. The molecule has 0 spiro atoms. The van der Waals surface area contributed by atoms with Crippen molar-refractivity contribution in [2.75, 3.05) is 20.6 Å². The zero-order chi connectivity index (χ0) is 10.6. The highest BCUT2D eigenvalue weighted by atomic mass is 16.2. The summed E-state index contributed by atoms with van der Waals surface area (Å²) in [5.74, 6) is 0. The molecule has 0 heterocycles. The molecule has 1 aliphatic rings. The summed E-state index contributed by atoms with van der Waals surface area (Å²) in [6.07, 6.45) is 4.43. The van der Waals surface area contributed by atoms with Gasteiger partial charge in [0, 0.05) is 20.1 Å². The highest BCUT2D eigenvalue weighted by Gasteiger charge is 2.27. The van der Waals surface area contributed by atoms with E-state index in [0.717, 1.165) is 12.8 Å². The summed E-state index contributed by atoms with van der Waals surface area (Å²) in [5, 5.41) is 8.67. The average molecular weight is 195 g/mol. The molecule has 1 rings (SSSR count). The van der Waals surface area contributed by atoms with E-state index in [1.165, 1.54) is 17.7 Å². The molecule has 0 saturated heterocycles. The number of amides is 2. The van der Waals surface area contributed by atoms with Gasteiger partial charge in [-0.25, -0.2) is 4.79 Å². The first kappa shape index (κ1) is 10.8. The van der Waals surface area contributed by atoms with Gasteiger partial charge in [-0.2, -0.15) is 5.26 Å². The number of hydrogen-bond donors (Lipinski definition) is 0. The highest BCUT2D eigenvalue weighted by molar-refractivity contribution is 5.74. The van der Waals surface area contributed by atoms with Crippen LogP contribution in [0.2, 0.25) is 0 Å². The quantitative estimate of drug-likeness (QED) is 0.626. The summed E-state index contributed by atoms with van der Waals surface area (Å²) in [6.45, 7) is 0.210. The Labute approximate surface area is 85.1 Å². The molecule has 0 bridgehead atoms. The lowest BCUT2D eigenvalue weighted by Gasteiger charge is -2.29. The van der Waals surface area contributed by atoms with Crippen LogP contribution in [-0.2, 0) is 0 Å². The summed E-state index contributed by atoms with van der Waals surface area (Å²) in [4.78, 5) is 14.9. The predicted molar refractivity (Wildman–Crippen MR) is 53.7 cm³/mol. The third-order valence-corrected chi connectivity index (χ3v) is 2.63. The van der Waals surface area contributed by atoms with Crippen molar-refractivity contribution in [3.8, 4) is 6.07 Å². The first-order chi connectivity index (χ1) is 6.66. The Kier molecular flexibility index (Phi) is 3.75. The van der Waals surface area contributed by atoms with Crippen molar-refractivity contribution in [2.45, 2.75) is 31.7 Å². The van der Waals surface area contributed by atoms with E-state index in [2.05, 4.69) is 6.07 Å². The number of rotatable bonds is 2. The second-order valence-electron chi connectivity index (χ2n) is 3.90. The first-order valence-corrected chi connectivity index (χ1v) is 5.01. The molecule has 14 heavy (non-hydrogen) atoms. The summed E-state index contributed by atoms with van der Waals surface area (Å²) in [7, 11) is 3.45. The summed E-state index contributed by atoms with van der Waals surface area (Å²) in [5.41, 5.74) is 0. The van der Waals surface area contributed by atoms with Gasteiger partial charge in [-0.05, 0) is 12.8 Å². The van der Waals surface area contributed by atoms with Crippen LogP contribution < -0.4 is 0 Å². The molecule has 1 aliphatic carbocycles. The monoisotopic (exact) mass is 195 g/mol. The van der Waals surface area contributed by atoms with E-state index in [4.69, 9.17) is 5.26 Å². The van der Waals surface area contributed by atoms with E-state index >= 15 is 0 Å². The Morgan fingerprint density at radius 2 is 2.00 bits per heavy atom. The summed E-state index contributed by atoms with van der Waals surface area (Å²) >= 11 is 0. The topological polar surface area (TPSA) is 47.3 Å². The standard InChI is InChI=1S/C10H17N3O/c1-12(2)10(14)13(8-7-11)9-5-3-4-6-9/h9H,3-6,8H2,1-2H3. The number of urea groups is 1. The lowest BCUT2D eigenvalue weighted by molar-refractivity contribution is 0.157. The Bertz CT molecular complexity index is 238. The number of carbonyl (C=O) groups is 1. The zero-order valence-corrected chi connectivity index (χ0v) is 8.86. The molecule has 0 aromatic rings. The minimum absolute atomic E-state index is 0.0431. The normalized spacial score (nSPS) is 16.4. The molecule has 0 N–H and O–H groups in total. The third-order valence-electron chi connectivity index (χ3n) is 2.63. The average Bonchev–Trinajstić information content (AvgIpc) is 2.65. The van der Waals surface area contributed by atoms with Crippen molar-refractivity contribution in [3.05, 3.63) is 0 Å². The lowest BCUT2D eigenvalue weighted by atomic mass is 10.2. The van der Waals surface area contributed by atoms with Crippen LogP contribution in [0.5, 0.6) is 0 Å². The van der Waals surface area contributed by atoms with E-state index in [1.807, 2.05) is 0 Å². The predicted octanol–water partition coefficient (Wildman–Crippen LogP) is 1.44. The highest BCUT2D eigenvalue weighted by Crippen LogP contribution is 2.23. The fourth-order valence-electron chi connectivity index (χ4n) is 1.90. The number of carbonyl (C=O) groups excluding carboxylic acids is 1. The van der Waals surface area contributed by atoms with E-state index < -0.39 is 0 Å². The van der Waals surface area contributed by atoms with Gasteiger partial charge < -0.3 is 9.80 Å². The van der Waals surface area contributed by atoms with E-state index in [9.17, 15) is 4.79 Å². The van der Waals surface area contributed by atoms with E-state index in [0.29, 0.717) is 0 Å². The molecule has 4 heteroatoms. The van der Waals surface area contributed by atoms with Crippen LogP contribution in [0.1, 0.15) is 25.7 Å². The molecule has 0 atom stereocenters. The van der Waals surface area contributed by atoms with Crippen molar-refractivity contribution in [1.82, 2.24) is 9.80 Å². The molecule has 1 saturated carbocycles. The van der Waals surface area contributed by atoms with Crippen LogP contribution in [-0.4, -0.2) is 42.5 Å². The largest absolute Gasteiger partial charge is 0.331 e. The van der Waals surface area contributed by atoms with Crippen LogP contribution in [0.4, 0.5) is 4.79 Å². The van der Waals surface area contributed by atoms with Crippen molar-refractivity contribution in [3.63, 3.8) is 0 Å². The molecule has 78 valence electrons. The first-order valence-electron chi connectivity index (χ1n) is 5.01. The lowest BCUT2D eigenvalue weighted by Crippen LogP contribution is -2.44. The molecule has 0 aliphatic heterocycles. The maximum atomic E-state index is 11.7. The van der Waals surface area contributed by atoms with E-state index in [1.54, 1.807) is 19.0 Å². The molecule has 0 aromatic carbocycles. The van der Waals surface area contributed by atoms with Gasteiger partial charge in [-0.15, -0.1) is 0 Å². The Morgan fingerprint density at radius 3 is 2.43 bits per heavy atom. The van der Waals surface area contributed by atoms with Gasteiger partial charge in [-0.1, -0.05) is 12.8 Å². The molecule has 0 unspecified atom stereocenters. The van der Waals surface area contributed by atoms with Gasteiger partial charge in [0.05, 0.1) is 6.07 Å². The molecule has 1 fully saturated rings. The smallest absolute Gasteiger partial charge is 0.320 e. The molecular weight excluding hydrogens is 178 g/mol. The van der Waals surface area contributed by atoms with Crippen molar-refractivity contribution in [1.29, 1.82) is 5.26 Å². The Balaban J connectivity index is 2.63. The number of nitrogens with zero attached hydrogens (tertiary/aromatic N) is 3. The molecular formula is C10H17N3O. The van der Waals surface area contributed by atoms with Crippen LogP contribution in [0, 0.1) is 11.3 Å². The van der Waals surface area contributed by atoms with Crippen LogP contribution in [0.15, 0.2) is 0 Å². The van der Waals surface area contributed by atoms with Crippen molar-refractivity contribution >= 4 is 6.03 Å². The van der Waals surface area contributed by atoms with Gasteiger partial charge in [0.15, 0.2) is 0 Å². The molecule has 4 nitrogen and oxygen atoms in total. The second kappa shape index (κ2) is 4.85. The van der Waals surface area contributed by atoms with Gasteiger partial charge >= 0.3 is 6.03 Å². The number of nitriles is 1. The van der Waals surface area contributed by atoms with Gasteiger partial charge in [0.25, 0.3) is 0 Å². The van der Waals surface area contributed by atoms with Gasteiger partial charge in [0.1, 0.15) is 6.54 Å². The van der Waals surface area contributed by atoms with Crippen molar-refractivity contribution in [2.24, 2.45) is 0 Å². The van der Waals surface area contributed by atoms with Gasteiger partial charge in [-0.3, -0.25) is 0 Å².